The molecule has 29 heavy (non-hydrogen) atoms. The lowest BCUT2D eigenvalue weighted by atomic mass is 9.86. The van der Waals surface area contributed by atoms with Crippen molar-refractivity contribution in [2.45, 2.75) is 33.5 Å². The number of hydrogen-bond donors (Lipinski definition) is 1. The molecule has 148 valence electrons. The standard InChI is InChI=1S/C24H25N3OS/c1-24(2,3)22(20-14-9-15-29-20)25-16-27-23(28)19-13-8-7-12-18(19)21(26-27)17-10-5-4-6-11-17/h4-15,22,25H,16H2,1-3H3. The zero-order valence-corrected chi connectivity index (χ0v) is 17.7. The van der Waals surface area contributed by atoms with Crippen molar-refractivity contribution in [1.82, 2.24) is 15.1 Å². The summed E-state index contributed by atoms with van der Waals surface area (Å²) in [6, 6.07) is 22.1. The van der Waals surface area contributed by atoms with Crippen LogP contribution in [0.2, 0.25) is 0 Å². The maximum absolute atomic E-state index is 13.1. The molecule has 4 aromatic rings. The highest BCUT2D eigenvalue weighted by molar-refractivity contribution is 7.10. The van der Waals surface area contributed by atoms with Gasteiger partial charge in [-0.2, -0.15) is 5.10 Å². The van der Waals surface area contributed by atoms with Gasteiger partial charge in [-0.1, -0.05) is 75.4 Å². The van der Waals surface area contributed by atoms with Crippen LogP contribution in [0.5, 0.6) is 0 Å². The van der Waals surface area contributed by atoms with Crippen LogP contribution < -0.4 is 10.9 Å². The van der Waals surface area contributed by atoms with Gasteiger partial charge >= 0.3 is 0 Å². The monoisotopic (exact) mass is 403 g/mol. The van der Waals surface area contributed by atoms with E-state index in [4.69, 9.17) is 5.10 Å². The van der Waals surface area contributed by atoms with Crippen LogP contribution >= 0.6 is 11.3 Å². The van der Waals surface area contributed by atoms with Gasteiger partial charge < -0.3 is 0 Å². The third-order valence-electron chi connectivity index (χ3n) is 5.05. The van der Waals surface area contributed by atoms with Gasteiger partial charge in [-0.3, -0.25) is 10.1 Å². The maximum atomic E-state index is 13.1. The smallest absolute Gasteiger partial charge is 0.275 e. The Bertz CT molecular complexity index is 1160. The first-order valence-electron chi connectivity index (χ1n) is 9.77. The lowest BCUT2D eigenvalue weighted by Gasteiger charge is -2.31. The van der Waals surface area contributed by atoms with Gasteiger partial charge in [-0.05, 0) is 22.9 Å². The van der Waals surface area contributed by atoms with Gasteiger partial charge in [0.1, 0.15) is 0 Å². The van der Waals surface area contributed by atoms with E-state index in [1.54, 1.807) is 16.0 Å². The molecule has 0 spiro atoms. The first-order valence-corrected chi connectivity index (χ1v) is 10.6. The molecule has 0 radical (unpaired) electrons. The maximum Gasteiger partial charge on any atom is 0.275 e. The number of fused-ring (bicyclic) bond motifs is 1. The Labute approximate surface area is 174 Å². The quantitative estimate of drug-likeness (QED) is 0.481. The molecule has 0 saturated heterocycles. The normalized spacial score (nSPS) is 12.9. The molecule has 2 aromatic heterocycles. The Morgan fingerprint density at radius 2 is 1.66 bits per heavy atom. The second kappa shape index (κ2) is 7.93. The molecule has 5 heteroatoms. The summed E-state index contributed by atoms with van der Waals surface area (Å²) in [4.78, 5) is 14.4. The average Bonchev–Trinajstić information content (AvgIpc) is 3.24. The van der Waals surface area contributed by atoms with E-state index in [2.05, 4.69) is 43.6 Å². The highest BCUT2D eigenvalue weighted by Crippen LogP contribution is 2.35. The molecule has 0 amide bonds. The fourth-order valence-electron chi connectivity index (χ4n) is 3.62. The van der Waals surface area contributed by atoms with Crippen LogP contribution in [-0.2, 0) is 6.67 Å². The molecule has 0 saturated carbocycles. The summed E-state index contributed by atoms with van der Waals surface area (Å²) in [5.74, 6) is 0. The molecule has 1 N–H and O–H groups in total. The number of nitrogens with one attached hydrogen (secondary N) is 1. The third kappa shape index (κ3) is 4.02. The average molecular weight is 404 g/mol. The van der Waals surface area contributed by atoms with E-state index in [1.807, 2.05) is 54.6 Å². The van der Waals surface area contributed by atoms with Crippen molar-refractivity contribution in [2.75, 3.05) is 0 Å². The van der Waals surface area contributed by atoms with Crippen molar-refractivity contribution in [2.24, 2.45) is 5.41 Å². The van der Waals surface area contributed by atoms with E-state index in [-0.39, 0.29) is 17.0 Å². The highest BCUT2D eigenvalue weighted by Gasteiger charge is 2.27. The predicted molar refractivity (Wildman–Crippen MR) is 121 cm³/mol. The van der Waals surface area contributed by atoms with Crippen LogP contribution in [0.1, 0.15) is 31.7 Å². The molecular weight excluding hydrogens is 378 g/mol. The second-order valence-electron chi connectivity index (χ2n) is 8.24. The molecule has 1 unspecified atom stereocenters. The molecule has 0 fully saturated rings. The lowest BCUT2D eigenvalue weighted by Crippen LogP contribution is -2.37. The van der Waals surface area contributed by atoms with E-state index in [0.717, 1.165) is 16.6 Å². The van der Waals surface area contributed by atoms with Gasteiger partial charge in [0, 0.05) is 21.9 Å². The molecule has 0 aliphatic heterocycles. The van der Waals surface area contributed by atoms with Crippen LogP contribution in [0, 0.1) is 5.41 Å². The fourth-order valence-corrected chi connectivity index (χ4v) is 4.66. The summed E-state index contributed by atoms with van der Waals surface area (Å²) < 4.78 is 1.55. The third-order valence-corrected chi connectivity index (χ3v) is 5.99. The van der Waals surface area contributed by atoms with E-state index in [9.17, 15) is 4.79 Å². The topological polar surface area (TPSA) is 46.9 Å². The summed E-state index contributed by atoms with van der Waals surface area (Å²) in [6.07, 6.45) is 0. The van der Waals surface area contributed by atoms with Gasteiger partial charge in [-0.25, -0.2) is 4.68 Å². The molecule has 1 atom stereocenters. The van der Waals surface area contributed by atoms with Crippen LogP contribution in [0.25, 0.3) is 22.0 Å². The van der Waals surface area contributed by atoms with E-state index < -0.39 is 0 Å². The Hall–Kier alpha value is -2.76. The van der Waals surface area contributed by atoms with Crippen LogP contribution in [0.3, 0.4) is 0 Å². The largest absolute Gasteiger partial charge is 0.290 e. The minimum Gasteiger partial charge on any atom is -0.290 e. The van der Waals surface area contributed by atoms with Crippen molar-refractivity contribution >= 4 is 22.1 Å². The minimum absolute atomic E-state index is 0.00751. The summed E-state index contributed by atoms with van der Waals surface area (Å²) >= 11 is 1.73. The fraction of sp³-hybridized carbons (Fsp3) is 0.250. The molecule has 2 aromatic carbocycles. The van der Waals surface area contributed by atoms with Gasteiger partial charge in [0.15, 0.2) is 0 Å². The van der Waals surface area contributed by atoms with Gasteiger partial charge in [0.05, 0.1) is 17.7 Å². The van der Waals surface area contributed by atoms with Crippen molar-refractivity contribution < 1.29 is 0 Å². The zero-order chi connectivity index (χ0) is 20.4. The molecule has 4 nitrogen and oxygen atoms in total. The Morgan fingerprint density at radius 1 is 0.966 bits per heavy atom. The molecule has 0 bridgehead atoms. The molecule has 0 aliphatic rings. The Kier molecular flexibility index (Phi) is 5.35. The van der Waals surface area contributed by atoms with Crippen molar-refractivity contribution in [3.05, 3.63) is 87.3 Å². The number of benzene rings is 2. The molecule has 0 aliphatic carbocycles. The minimum atomic E-state index is -0.0772. The molecule has 4 rings (SSSR count). The molecule has 2 heterocycles. The van der Waals surface area contributed by atoms with E-state index >= 15 is 0 Å². The highest BCUT2D eigenvalue weighted by atomic mass is 32.1. The zero-order valence-electron chi connectivity index (χ0n) is 16.9. The summed E-state index contributed by atoms with van der Waals surface area (Å²) in [5.41, 5.74) is 1.76. The van der Waals surface area contributed by atoms with E-state index in [1.165, 1.54) is 4.88 Å². The van der Waals surface area contributed by atoms with Crippen LogP contribution in [0.4, 0.5) is 0 Å². The van der Waals surface area contributed by atoms with Gasteiger partial charge in [0.2, 0.25) is 0 Å². The number of thiophene rings is 1. The Morgan fingerprint density at radius 3 is 2.31 bits per heavy atom. The van der Waals surface area contributed by atoms with Crippen molar-refractivity contribution in [1.29, 1.82) is 0 Å². The summed E-state index contributed by atoms with van der Waals surface area (Å²) in [5, 5.41) is 12.0. The second-order valence-corrected chi connectivity index (χ2v) is 9.22. The van der Waals surface area contributed by atoms with Crippen molar-refractivity contribution in [3.8, 4) is 11.3 Å². The summed E-state index contributed by atoms with van der Waals surface area (Å²) in [6.45, 7) is 6.96. The number of nitrogens with zero attached hydrogens (tertiary/aromatic N) is 2. The van der Waals surface area contributed by atoms with Gasteiger partial charge in [0.25, 0.3) is 5.56 Å². The first kappa shape index (κ1) is 19.6. The van der Waals surface area contributed by atoms with E-state index in [0.29, 0.717) is 12.1 Å². The number of aromatic nitrogens is 2. The SMILES string of the molecule is CC(C)(C)C(NCn1nc(-c2ccccc2)c2ccccc2c1=O)c1cccs1. The predicted octanol–water partition coefficient (Wildman–Crippen LogP) is 5.46. The van der Waals surface area contributed by atoms with Crippen molar-refractivity contribution in [3.63, 3.8) is 0 Å². The van der Waals surface area contributed by atoms with Gasteiger partial charge in [-0.15, -0.1) is 11.3 Å². The summed E-state index contributed by atoms with van der Waals surface area (Å²) in [7, 11) is 0. The first-order chi connectivity index (χ1) is 13.9. The Balaban J connectivity index is 1.76. The number of rotatable bonds is 5. The number of hydrogen-bond acceptors (Lipinski definition) is 4. The van der Waals surface area contributed by atoms with Crippen LogP contribution in [-0.4, -0.2) is 9.78 Å². The molecular formula is C24H25N3OS. The van der Waals surface area contributed by atoms with Crippen LogP contribution in [0.15, 0.2) is 76.9 Å². The lowest BCUT2D eigenvalue weighted by molar-refractivity contribution is 0.254.